The zero-order valence-corrected chi connectivity index (χ0v) is 18.0. The normalized spacial score (nSPS) is 14.7. The number of H-pyrrole nitrogens is 1. The summed E-state index contributed by atoms with van der Waals surface area (Å²) in [6.07, 6.45) is -1.96. The Morgan fingerprint density at radius 3 is 2.71 bits per heavy atom. The van der Waals surface area contributed by atoms with Crippen LogP contribution in [0.15, 0.2) is 47.6 Å². The van der Waals surface area contributed by atoms with Crippen LogP contribution in [0.2, 0.25) is 10.0 Å². The van der Waals surface area contributed by atoms with Crippen LogP contribution in [0.5, 0.6) is 11.5 Å². The average molecular weight is 485 g/mol. The number of benzene rings is 2. The molecule has 31 heavy (non-hydrogen) atoms. The number of hydrogen-bond donors (Lipinski definition) is 2. The van der Waals surface area contributed by atoms with Gasteiger partial charge in [0.2, 0.25) is 5.95 Å². The fraction of sp³-hybridized carbons (Fsp3) is 0.105. The predicted molar refractivity (Wildman–Crippen MR) is 117 cm³/mol. The number of nitrogens with one attached hydrogen (secondary N) is 2. The van der Waals surface area contributed by atoms with E-state index in [0.29, 0.717) is 31.7 Å². The van der Waals surface area contributed by atoms with E-state index in [1.807, 2.05) is 0 Å². The number of carbonyl (C=O) groups excluding carboxylic acids is 1. The highest BCUT2D eigenvalue weighted by atomic mass is 35.5. The number of carbonyl (C=O) groups is 1. The summed E-state index contributed by atoms with van der Waals surface area (Å²) in [5.74, 6) is -0.858. The molecule has 0 aliphatic carbocycles. The standard InChI is InChI=1S/C19H12Cl2F2N4O3S/c1-8(24-17(31-2)9-4-3-5-10(20)15(9)21)16(28)27-18-25-11-6-13-14(7-12(11)26-18)30-19(22,23)29-13/h3-7H,1H2,2H3,(H2,25,26,27,28). The Balaban J connectivity index is 1.54. The number of amides is 1. The van der Waals surface area contributed by atoms with Gasteiger partial charge in [-0.2, -0.15) is 0 Å². The Hall–Kier alpha value is -2.82. The summed E-state index contributed by atoms with van der Waals surface area (Å²) in [4.78, 5) is 23.7. The maximum absolute atomic E-state index is 13.2. The highest BCUT2D eigenvalue weighted by molar-refractivity contribution is 8.13. The molecule has 7 nitrogen and oxygen atoms in total. The molecule has 0 spiro atoms. The van der Waals surface area contributed by atoms with Gasteiger partial charge in [-0.25, -0.2) is 9.98 Å². The van der Waals surface area contributed by atoms with Crippen molar-refractivity contribution in [3.8, 4) is 11.5 Å². The third-order valence-electron chi connectivity index (χ3n) is 4.11. The van der Waals surface area contributed by atoms with Crippen molar-refractivity contribution in [2.24, 2.45) is 4.99 Å². The molecule has 1 aromatic heterocycles. The third-order valence-corrected chi connectivity index (χ3v) is 5.63. The number of fused-ring (bicyclic) bond motifs is 2. The molecule has 0 bridgehead atoms. The Kier molecular flexibility index (Phi) is 5.54. The number of aliphatic imine (C=N–C) groups is 1. The summed E-state index contributed by atoms with van der Waals surface area (Å²) in [6.45, 7) is 3.68. The fourth-order valence-electron chi connectivity index (χ4n) is 2.75. The molecular formula is C19H12Cl2F2N4O3S. The van der Waals surface area contributed by atoms with Crippen LogP contribution in [-0.2, 0) is 4.79 Å². The summed E-state index contributed by atoms with van der Waals surface area (Å²) >= 11 is 13.5. The molecule has 12 heteroatoms. The van der Waals surface area contributed by atoms with Gasteiger partial charge in [0.1, 0.15) is 10.7 Å². The minimum Gasteiger partial charge on any atom is -0.395 e. The summed E-state index contributed by atoms with van der Waals surface area (Å²) in [6, 6.07) is 7.65. The Labute approximate surface area is 188 Å². The number of thioether (sulfide) groups is 1. The molecule has 0 saturated carbocycles. The number of ether oxygens (including phenoxy) is 2. The molecule has 1 amide bonds. The molecule has 1 aliphatic heterocycles. The molecule has 1 aliphatic rings. The number of halogens is 4. The maximum atomic E-state index is 13.2. The number of alkyl halides is 2. The van der Waals surface area contributed by atoms with Gasteiger partial charge < -0.3 is 14.5 Å². The van der Waals surface area contributed by atoms with E-state index in [1.54, 1.807) is 24.5 Å². The smallest absolute Gasteiger partial charge is 0.395 e. The number of rotatable bonds is 4. The van der Waals surface area contributed by atoms with Gasteiger partial charge >= 0.3 is 6.29 Å². The van der Waals surface area contributed by atoms with Gasteiger partial charge in [-0.1, -0.05) is 41.9 Å². The van der Waals surface area contributed by atoms with Crippen molar-refractivity contribution in [2.75, 3.05) is 11.6 Å². The van der Waals surface area contributed by atoms with Gasteiger partial charge in [-0.05, 0) is 12.3 Å². The minimum absolute atomic E-state index is 0.0678. The van der Waals surface area contributed by atoms with Crippen molar-refractivity contribution in [1.29, 1.82) is 0 Å². The monoisotopic (exact) mass is 484 g/mol. The quantitative estimate of drug-likeness (QED) is 0.291. The van der Waals surface area contributed by atoms with E-state index in [-0.39, 0.29) is 23.1 Å². The summed E-state index contributed by atoms with van der Waals surface area (Å²) in [7, 11) is 0. The molecule has 0 radical (unpaired) electrons. The molecular weight excluding hydrogens is 473 g/mol. The molecule has 3 aromatic rings. The lowest BCUT2D eigenvalue weighted by Gasteiger charge is -2.08. The maximum Gasteiger partial charge on any atom is 0.586 e. The molecule has 2 heterocycles. The van der Waals surface area contributed by atoms with Crippen molar-refractivity contribution >= 4 is 62.9 Å². The first-order valence-corrected chi connectivity index (χ1v) is 10.5. The largest absolute Gasteiger partial charge is 0.586 e. The third kappa shape index (κ3) is 4.32. The molecule has 2 N–H and O–H groups in total. The SMILES string of the molecule is C=C(N=C(SC)c1cccc(Cl)c1Cl)C(=O)Nc1nc2cc3c(cc2[nH]1)OC(F)(F)O3. The second kappa shape index (κ2) is 8.03. The van der Waals surface area contributed by atoms with Gasteiger partial charge in [0.05, 0.1) is 21.1 Å². The van der Waals surface area contributed by atoms with Gasteiger partial charge in [0.15, 0.2) is 11.5 Å². The number of nitrogens with zero attached hydrogens (tertiary/aromatic N) is 2. The molecule has 0 saturated heterocycles. The number of aromatic amines is 1. The van der Waals surface area contributed by atoms with Gasteiger partial charge in [-0.15, -0.1) is 20.5 Å². The lowest BCUT2D eigenvalue weighted by Crippen LogP contribution is -2.25. The minimum atomic E-state index is -3.73. The van der Waals surface area contributed by atoms with E-state index in [1.165, 1.54) is 23.9 Å². The van der Waals surface area contributed by atoms with Gasteiger partial charge in [0, 0.05) is 17.7 Å². The molecule has 160 valence electrons. The first kappa shape index (κ1) is 21.4. The van der Waals surface area contributed by atoms with Crippen molar-refractivity contribution in [2.45, 2.75) is 6.29 Å². The van der Waals surface area contributed by atoms with E-state index in [4.69, 9.17) is 23.2 Å². The average Bonchev–Trinajstić information content (AvgIpc) is 3.22. The molecule has 0 atom stereocenters. The zero-order chi connectivity index (χ0) is 22.3. The number of aromatic nitrogens is 2. The topological polar surface area (TPSA) is 88.6 Å². The lowest BCUT2D eigenvalue weighted by molar-refractivity contribution is -0.286. The molecule has 0 fully saturated rings. The van der Waals surface area contributed by atoms with Gasteiger partial charge in [-0.3, -0.25) is 10.1 Å². The second-order valence-electron chi connectivity index (χ2n) is 6.19. The van der Waals surface area contributed by atoms with E-state index < -0.39 is 12.2 Å². The van der Waals surface area contributed by atoms with Crippen LogP contribution < -0.4 is 14.8 Å². The summed E-state index contributed by atoms with van der Waals surface area (Å²) in [5, 5.41) is 3.64. The number of anilines is 1. The summed E-state index contributed by atoms with van der Waals surface area (Å²) < 4.78 is 35.1. The van der Waals surface area contributed by atoms with E-state index in [0.717, 1.165) is 0 Å². The molecule has 0 unspecified atom stereocenters. The van der Waals surface area contributed by atoms with Crippen molar-refractivity contribution < 1.29 is 23.0 Å². The fourth-order valence-corrected chi connectivity index (χ4v) is 3.79. The molecule has 2 aromatic carbocycles. The highest BCUT2D eigenvalue weighted by Gasteiger charge is 2.43. The van der Waals surface area contributed by atoms with E-state index in [2.05, 4.69) is 36.3 Å². The van der Waals surface area contributed by atoms with Crippen LogP contribution in [-0.4, -0.2) is 33.5 Å². The second-order valence-corrected chi connectivity index (χ2v) is 7.77. The van der Waals surface area contributed by atoms with Crippen LogP contribution in [0, 0.1) is 0 Å². The Bertz CT molecular complexity index is 1220. The van der Waals surface area contributed by atoms with Crippen molar-refractivity contribution in [3.05, 3.63) is 58.2 Å². The number of imidazole rings is 1. The van der Waals surface area contributed by atoms with Crippen LogP contribution in [0.25, 0.3) is 11.0 Å². The first-order valence-electron chi connectivity index (χ1n) is 8.54. The van der Waals surface area contributed by atoms with Crippen molar-refractivity contribution in [3.63, 3.8) is 0 Å². The van der Waals surface area contributed by atoms with Crippen LogP contribution in [0.4, 0.5) is 14.7 Å². The van der Waals surface area contributed by atoms with Crippen LogP contribution >= 0.6 is 35.0 Å². The lowest BCUT2D eigenvalue weighted by atomic mass is 10.2. The zero-order valence-electron chi connectivity index (χ0n) is 15.6. The first-order chi connectivity index (χ1) is 14.7. The predicted octanol–water partition coefficient (Wildman–Crippen LogP) is 5.45. The Morgan fingerprint density at radius 2 is 2.00 bits per heavy atom. The molecule has 4 rings (SSSR count). The van der Waals surface area contributed by atoms with Crippen LogP contribution in [0.1, 0.15) is 5.56 Å². The van der Waals surface area contributed by atoms with Gasteiger partial charge in [0.25, 0.3) is 5.91 Å². The summed E-state index contributed by atoms with van der Waals surface area (Å²) in [5.41, 5.74) is 1.11. The van der Waals surface area contributed by atoms with E-state index >= 15 is 0 Å². The Morgan fingerprint density at radius 1 is 1.29 bits per heavy atom. The number of hydrogen-bond acceptors (Lipinski definition) is 6. The van der Waals surface area contributed by atoms with Crippen LogP contribution in [0.3, 0.4) is 0 Å². The van der Waals surface area contributed by atoms with E-state index in [9.17, 15) is 13.6 Å². The highest BCUT2D eigenvalue weighted by Crippen LogP contribution is 2.43. The van der Waals surface area contributed by atoms with Crippen molar-refractivity contribution in [1.82, 2.24) is 9.97 Å².